The molecule has 0 atom stereocenters. The highest BCUT2D eigenvalue weighted by Gasteiger charge is 2.27. The Balaban J connectivity index is 1.72. The van der Waals surface area contributed by atoms with Crippen LogP contribution in [-0.2, 0) is 17.8 Å². The Bertz CT molecular complexity index is 1290. The van der Waals surface area contributed by atoms with E-state index in [9.17, 15) is 18.4 Å². The summed E-state index contributed by atoms with van der Waals surface area (Å²) in [6, 6.07) is 9.79. The highest BCUT2D eigenvalue weighted by Crippen LogP contribution is 2.37. The SMILES string of the molecule is Cc1cccc2c1N(c1ccc(-n3cnn(CC(CN)=C(F)F)c3=O)c(F)c1)C(=O)CC2. The fourth-order valence-corrected chi connectivity index (χ4v) is 3.82. The van der Waals surface area contributed by atoms with Gasteiger partial charge in [-0.1, -0.05) is 18.2 Å². The lowest BCUT2D eigenvalue weighted by molar-refractivity contribution is -0.118. The molecule has 0 aliphatic carbocycles. The van der Waals surface area contributed by atoms with Crippen LogP contribution >= 0.6 is 0 Å². The van der Waals surface area contributed by atoms with E-state index in [0.29, 0.717) is 18.5 Å². The van der Waals surface area contributed by atoms with E-state index in [1.54, 1.807) is 0 Å². The molecule has 4 rings (SSSR count). The third kappa shape index (κ3) is 3.73. The van der Waals surface area contributed by atoms with E-state index >= 15 is 4.39 Å². The van der Waals surface area contributed by atoms with Crippen LogP contribution in [0.5, 0.6) is 0 Å². The maximum absolute atomic E-state index is 15.1. The van der Waals surface area contributed by atoms with Crippen molar-refractivity contribution in [3.05, 3.63) is 81.8 Å². The van der Waals surface area contributed by atoms with Crippen molar-refractivity contribution in [2.24, 2.45) is 5.73 Å². The third-order valence-corrected chi connectivity index (χ3v) is 5.44. The first kappa shape index (κ1) is 21.6. The number of fused-ring (bicyclic) bond motifs is 1. The standard InChI is InChI=1S/C22H20F3N5O2/c1-13-3-2-4-14-5-8-19(31)30(20(13)14)16-6-7-18(17(23)9-16)28-12-27-29(22(28)32)11-15(10-26)21(24)25/h2-4,6-7,9,12H,5,8,10-11,26H2,1H3. The van der Waals surface area contributed by atoms with Crippen molar-refractivity contribution in [3.63, 3.8) is 0 Å². The number of halogens is 3. The van der Waals surface area contributed by atoms with Crippen molar-refractivity contribution in [2.75, 3.05) is 11.4 Å². The fraction of sp³-hybridized carbons (Fsp3) is 0.227. The molecule has 2 heterocycles. The molecule has 1 amide bonds. The summed E-state index contributed by atoms with van der Waals surface area (Å²) in [5, 5.41) is 3.78. The molecule has 7 nitrogen and oxygen atoms in total. The smallest absolute Gasteiger partial charge is 0.327 e. The molecule has 32 heavy (non-hydrogen) atoms. The number of anilines is 2. The molecule has 10 heteroatoms. The number of aryl methyl sites for hydroxylation is 2. The van der Waals surface area contributed by atoms with Gasteiger partial charge in [-0.2, -0.15) is 13.9 Å². The molecule has 0 unspecified atom stereocenters. The van der Waals surface area contributed by atoms with E-state index in [-0.39, 0.29) is 11.6 Å². The van der Waals surface area contributed by atoms with Crippen LogP contribution in [0.3, 0.4) is 0 Å². The van der Waals surface area contributed by atoms with Crippen molar-refractivity contribution in [1.29, 1.82) is 0 Å². The predicted molar refractivity (Wildman–Crippen MR) is 113 cm³/mol. The van der Waals surface area contributed by atoms with Gasteiger partial charge < -0.3 is 5.73 Å². The molecule has 0 bridgehead atoms. The Hall–Kier alpha value is -3.66. The Morgan fingerprint density at radius 1 is 1.16 bits per heavy atom. The van der Waals surface area contributed by atoms with Gasteiger partial charge in [-0.25, -0.2) is 18.4 Å². The molecule has 0 radical (unpaired) electrons. The number of carbonyl (C=O) groups excluding carboxylic acids is 1. The molecule has 0 fully saturated rings. The Morgan fingerprint density at radius 3 is 2.62 bits per heavy atom. The maximum atomic E-state index is 15.1. The minimum atomic E-state index is -1.98. The summed E-state index contributed by atoms with van der Waals surface area (Å²) in [5.74, 6) is -0.915. The molecule has 0 saturated heterocycles. The number of para-hydroxylation sites is 1. The van der Waals surface area contributed by atoms with E-state index in [0.717, 1.165) is 32.4 Å². The second-order valence-electron chi connectivity index (χ2n) is 7.46. The average molecular weight is 443 g/mol. The van der Waals surface area contributed by atoms with Gasteiger partial charge in [0.25, 0.3) is 6.08 Å². The van der Waals surface area contributed by atoms with Crippen LogP contribution in [0.25, 0.3) is 5.69 Å². The molecule has 0 saturated carbocycles. The molecule has 0 spiro atoms. The number of hydrogen-bond acceptors (Lipinski definition) is 4. The third-order valence-electron chi connectivity index (χ3n) is 5.44. The van der Waals surface area contributed by atoms with E-state index < -0.39 is 36.3 Å². The zero-order valence-electron chi connectivity index (χ0n) is 17.2. The van der Waals surface area contributed by atoms with Crippen LogP contribution < -0.4 is 16.3 Å². The lowest BCUT2D eigenvalue weighted by Gasteiger charge is -2.31. The molecule has 1 aromatic heterocycles. The quantitative estimate of drug-likeness (QED) is 0.656. The summed E-state index contributed by atoms with van der Waals surface area (Å²) < 4.78 is 42.5. The summed E-state index contributed by atoms with van der Waals surface area (Å²) in [4.78, 5) is 26.7. The fourth-order valence-electron chi connectivity index (χ4n) is 3.82. The molecule has 1 aliphatic heterocycles. The second-order valence-corrected chi connectivity index (χ2v) is 7.46. The number of rotatable bonds is 5. The number of aromatic nitrogens is 3. The van der Waals surface area contributed by atoms with Gasteiger partial charge in [-0.05, 0) is 36.6 Å². The lowest BCUT2D eigenvalue weighted by atomic mass is 9.97. The predicted octanol–water partition coefficient (Wildman–Crippen LogP) is 3.20. The number of benzene rings is 2. The molecular formula is C22H20F3N5O2. The second kappa shape index (κ2) is 8.46. The normalized spacial score (nSPS) is 13.3. The lowest BCUT2D eigenvalue weighted by Crippen LogP contribution is -2.31. The zero-order valence-corrected chi connectivity index (χ0v) is 17.2. The highest BCUT2D eigenvalue weighted by molar-refractivity contribution is 6.03. The van der Waals surface area contributed by atoms with Crippen LogP contribution in [0.15, 0.2) is 59.2 Å². The molecular weight excluding hydrogens is 423 g/mol. The number of hydrogen-bond donors (Lipinski definition) is 1. The number of nitrogens with zero attached hydrogens (tertiary/aromatic N) is 4. The Morgan fingerprint density at radius 2 is 1.94 bits per heavy atom. The van der Waals surface area contributed by atoms with Crippen molar-refractivity contribution < 1.29 is 18.0 Å². The van der Waals surface area contributed by atoms with Crippen molar-refractivity contribution in [1.82, 2.24) is 14.3 Å². The molecule has 3 aromatic rings. The van der Waals surface area contributed by atoms with Gasteiger partial charge in [0.1, 0.15) is 12.1 Å². The van der Waals surface area contributed by atoms with Gasteiger partial charge in [-0.15, -0.1) is 0 Å². The summed E-state index contributed by atoms with van der Waals surface area (Å²) in [7, 11) is 0. The molecule has 1 aliphatic rings. The number of amides is 1. The van der Waals surface area contributed by atoms with Crippen LogP contribution in [-0.4, -0.2) is 26.8 Å². The van der Waals surface area contributed by atoms with Gasteiger partial charge >= 0.3 is 5.69 Å². The van der Waals surface area contributed by atoms with Crippen LogP contribution in [0, 0.1) is 12.7 Å². The minimum absolute atomic E-state index is 0.113. The monoisotopic (exact) mass is 443 g/mol. The molecule has 2 N–H and O–H groups in total. The Labute approximate surface area is 181 Å². The minimum Gasteiger partial charge on any atom is -0.327 e. The van der Waals surface area contributed by atoms with Crippen LogP contribution in [0.2, 0.25) is 0 Å². The summed E-state index contributed by atoms with van der Waals surface area (Å²) in [6.45, 7) is 0.950. The molecule has 166 valence electrons. The number of carbonyl (C=O) groups is 1. The first-order valence-corrected chi connectivity index (χ1v) is 9.90. The van der Waals surface area contributed by atoms with Gasteiger partial charge in [0.2, 0.25) is 5.91 Å². The summed E-state index contributed by atoms with van der Waals surface area (Å²) >= 11 is 0. The van der Waals surface area contributed by atoms with Crippen molar-refractivity contribution in [3.8, 4) is 5.69 Å². The largest absolute Gasteiger partial charge is 0.350 e. The van der Waals surface area contributed by atoms with E-state index in [2.05, 4.69) is 5.10 Å². The van der Waals surface area contributed by atoms with Crippen LogP contribution in [0.4, 0.5) is 24.5 Å². The van der Waals surface area contributed by atoms with Crippen molar-refractivity contribution >= 4 is 17.3 Å². The van der Waals surface area contributed by atoms with Gasteiger partial charge in [0.05, 0.1) is 23.6 Å². The average Bonchev–Trinajstić information content (AvgIpc) is 3.12. The van der Waals surface area contributed by atoms with Crippen LogP contribution in [0.1, 0.15) is 17.5 Å². The van der Waals surface area contributed by atoms with E-state index in [4.69, 9.17) is 5.73 Å². The van der Waals surface area contributed by atoms with E-state index in [1.807, 2.05) is 25.1 Å². The van der Waals surface area contributed by atoms with Crippen molar-refractivity contribution in [2.45, 2.75) is 26.3 Å². The first-order chi connectivity index (χ1) is 15.3. The molecule has 2 aromatic carbocycles. The topological polar surface area (TPSA) is 86.2 Å². The van der Waals surface area contributed by atoms with E-state index in [1.165, 1.54) is 23.1 Å². The first-order valence-electron chi connectivity index (χ1n) is 9.90. The maximum Gasteiger partial charge on any atom is 0.350 e. The Kier molecular flexibility index (Phi) is 5.70. The highest BCUT2D eigenvalue weighted by atomic mass is 19.3. The zero-order chi connectivity index (χ0) is 23.0. The van der Waals surface area contributed by atoms with Gasteiger partial charge in [0.15, 0.2) is 0 Å². The van der Waals surface area contributed by atoms with Gasteiger partial charge in [-0.3, -0.25) is 9.69 Å². The summed E-state index contributed by atoms with van der Waals surface area (Å²) in [5.41, 5.74) is 6.88. The summed E-state index contributed by atoms with van der Waals surface area (Å²) in [6.07, 6.45) is -0.0175. The number of nitrogens with two attached hydrogens (primary N) is 1. The van der Waals surface area contributed by atoms with Gasteiger partial charge in [0, 0.05) is 24.6 Å².